The minimum Gasteiger partial charge on any atom is -0.384 e. The third kappa shape index (κ3) is 2.32. The van der Waals surface area contributed by atoms with Crippen LogP contribution in [0.3, 0.4) is 0 Å². The molecule has 2 unspecified atom stereocenters. The molecule has 1 N–H and O–H groups in total. The molecule has 2 heteroatoms. The van der Waals surface area contributed by atoms with Crippen molar-refractivity contribution in [2.75, 3.05) is 13.6 Å². The molecule has 0 aromatic rings. The second-order valence-corrected chi connectivity index (χ2v) is 3.30. The molecule has 2 atom stereocenters. The first-order valence-electron chi connectivity index (χ1n) is 4.58. The van der Waals surface area contributed by atoms with Gasteiger partial charge in [0.1, 0.15) is 0 Å². The second-order valence-electron chi connectivity index (χ2n) is 3.30. The van der Waals surface area contributed by atoms with Crippen LogP contribution in [-0.2, 0) is 0 Å². The average molecular weight is 171 g/mol. The van der Waals surface area contributed by atoms with Gasteiger partial charge < -0.3 is 10.0 Å². The summed E-state index contributed by atoms with van der Waals surface area (Å²) in [6.45, 7) is 10.7. The van der Waals surface area contributed by atoms with Crippen molar-refractivity contribution < 1.29 is 5.11 Å². The zero-order valence-corrected chi connectivity index (χ0v) is 8.67. The summed E-state index contributed by atoms with van der Waals surface area (Å²) in [6.07, 6.45) is 2.35. The SMILES string of the molecule is C=CC(O)(CC)C(C)N(C)CC. The molecule has 0 bridgehead atoms. The Bertz CT molecular complexity index is 147. The third-order valence-corrected chi connectivity index (χ3v) is 2.80. The first kappa shape index (κ1) is 11.7. The predicted molar refractivity (Wildman–Crippen MR) is 53.2 cm³/mol. The van der Waals surface area contributed by atoms with Crippen LogP contribution in [0.25, 0.3) is 0 Å². The monoisotopic (exact) mass is 171 g/mol. The Morgan fingerprint density at radius 1 is 1.58 bits per heavy atom. The maximum absolute atomic E-state index is 10.0. The number of rotatable bonds is 5. The van der Waals surface area contributed by atoms with Crippen LogP contribution in [0.4, 0.5) is 0 Å². The highest BCUT2D eigenvalue weighted by atomic mass is 16.3. The molecule has 0 heterocycles. The summed E-state index contributed by atoms with van der Waals surface area (Å²) in [7, 11) is 2.01. The quantitative estimate of drug-likeness (QED) is 0.636. The molecule has 0 fully saturated rings. The molecule has 2 nitrogen and oxygen atoms in total. The molecule has 0 rings (SSSR count). The van der Waals surface area contributed by atoms with Crippen molar-refractivity contribution in [3.8, 4) is 0 Å². The maximum Gasteiger partial charge on any atom is 0.0974 e. The molecule has 0 aromatic heterocycles. The van der Waals surface area contributed by atoms with Gasteiger partial charge in [0.05, 0.1) is 5.60 Å². The van der Waals surface area contributed by atoms with Gasteiger partial charge in [-0.15, -0.1) is 6.58 Å². The zero-order chi connectivity index (χ0) is 9.78. The Hall–Kier alpha value is -0.340. The van der Waals surface area contributed by atoms with Crippen LogP contribution < -0.4 is 0 Å². The smallest absolute Gasteiger partial charge is 0.0974 e. The predicted octanol–water partition coefficient (Wildman–Crippen LogP) is 1.65. The first-order chi connectivity index (χ1) is 5.51. The number of hydrogen-bond donors (Lipinski definition) is 1. The van der Waals surface area contributed by atoms with Crippen molar-refractivity contribution in [3.63, 3.8) is 0 Å². The van der Waals surface area contributed by atoms with Gasteiger partial charge in [0.15, 0.2) is 0 Å². The molecule has 0 saturated carbocycles. The fraction of sp³-hybridized carbons (Fsp3) is 0.800. The van der Waals surface area contributed by atoms with Gasteiger partial charge in [-0.2, -0.15) is 0 Å². The summed E-state index contributed by atoms with van der Waals surface area (Å²) < 4.78 is 0. The summed E-state index contributed by atoms with van der Waals surface area (Å²) in [6, 6.07) is 0.130. The van der Waals surface area contributed by atoms with Gasteiger partial charge in [0.2, 0.25) is 0 Å². The molecule has 0 spiro atoms. The molecule has 0 aliphatic heterocycles. The molecular weight excluding hydrogens is 150 g/mol. The van der Waals surface area contributed by atoms with Gasteiger partial charge in [-0.1, -0.05) is 19.9 Å². The number of likely N-dealkylation sites (N-methyl/N-ethyl adjacent to an activating group) is 1. The molecular formula is C10H21NO. The fourth-order valence-corrected chi connectivity index (χ4v) is 1.27. The van der Waals surface area contributed by atoms with Crippen molar-refractivity contribution in [3.05, 3.63) is 12.7 Å². The number of nitrogens with zero attached hydrogens (tertiary/aromatic N) is 1. The van der Waals surface area contributed by atoms with E-state index in [-0.39, 0.29) is 6.04 Å². The molecule has 0 amide bonds. The minimum atomic E-state index is -0.745. The molecule has 0 saturated heterocycles. The average Bonchev–Trinajstić information content (AvgIpc) is 2.14. The van der Waals surface area contributed by atoms with E-state index in [0.29, 0.717) is 6.42 Å². The largest absolute Gasteiger partial charge is 0.384 e. The molecule has 12 heavy (non-hydrogen) atoms. The van der Waals surface area contributed by atoms with Gasteiger partial charge in [-0.3, -0.25) is 0 Å². The molecule has 72 valence electrons. The van der Waals surface area contributed by atoms with Crippen LogP contribution in [0.5, 0.6) is 0 Å². The summed E-state index contributed by atoms with van der Waals surface area (Å²) in [5, 5.41) is 10.0. The van der Waals surface area contributed by atoms with Gasteiger partial charge in [0, 0.05) is 6.04 Å². The Balaban J connectivity index is 4.40. The van der Waals surface area contributed by atoms with Crippen LogP contribution in [0, 0.1) is 0 Å². The summed E-state index contributed by atoms with van der Waals surface area (Å²) in [4.78, 5) is 2.12. The van der Waals surface area contributed by atoms with E-state index in [9.17, 15) is 5.11 Å². The van der Waals surface area contributed by atoms with Gasteiger partial charge in [0.25, 0.3) is 0 Å². The normalized spacial score (nSPS) is 18.8. The lowest BCUT2D eigenvalue weighted by atomic mass is 9.92. The summed E-state index contributed by atoms with van der Waals surface area (Å²) in [5.74, 6) is 0. The summed E-state index contributed by atoms with van der Waals surface area (Å²) >= 11 is 0. The van der Waals surface area contributed by atoms with Crippen LogP contribution in [0.1, 0.15) is 27.2 Å². The lowest BCUT2D eigenvalue weighted by Gasteiger charge is -2.36. The van der Waals surface area contributed by atoms with Gasteiger partial charge in [-0.05, 0) is 26.9 Å². The maximum atomic E-state index is 10.0. The standard InChI is InChI=1S/C10H21NO/c1-6-10(12,7-2)9(4)11(5)8-3/h6,9,12H,1,7-8H2,2-5H3. The van der Waals surface area contributed by atoms with Crippen molar-refractivity contribution in [1.82, 2.24) is 4.90 Å². The van der Waals surface area contributed by atoms with Crippen molar-refractivity contribution in [1.29, 1.82) is 0 Å². The van der Waals surface area contributed by atoms with E-state index < -0.39 is 5.60 Å². The summed E-state index contributed by atoms with van der Waals surface area (Å²) in [5.41, 5.74) is -0.745. The fourth-order valence-electron chi connectivity index (χ4n) is 1.27. The van der Waals surface area contributed by atoms with E-state index >= 15 is 0 Å². The highest BCUT2D eigenvalue weighted by Crippen LogP contribution is 2.20. The lowest BCUT2D eigenvalue weighted by Crippen LogP contribution is -2.47. The van der Waals surface area contributed by atoms with Gasteiger partial charge in [-0.25, -0.2) is 0 Å². The van der Waals surface area contributed by atoms with Crippen LogP contribution in [0.2, 0.25) is 0 Å². The Morgan fingerprint density at radius 2 is 2.08 bits per heavy atom. The van der Waals surface area contributed by atoms with E-state index in [1.165, 1.54) is 0 Å². The highest BCUT2D eigenvalue weighted by Gasteiger charge is 2.30. The number of aliphatic hydroxyl groups is 1. The Labute approximate surface area is 75.9 Å². The van der Waals surface area contributed by atoms with Crippen LogP contribution >= 0.6 is 0 Å². The van der Waals surface area contributed by atoms with Crippen LogP contribution in [-0.4, -0.2) is 35.2 Å². The zero-order valence-electron chi connectivity index (χ0n) is 8.67. The first-order valence-corrected chi connectivity index (χ1v) is 4.58. The van der Waals surface area contributed by atoms with E-state index in [4.69, 9.17) is 0 Å². The van der Waals surface area contributed by atoms with Crippen molar-refractivity contribution >= 4 is 0 Å². The van der Waals surface area contributed by atoms with Crippen molar-refractivity contribution in [2.24, 2.45) is 0 Å². The van der Waals surface area contributed by atoms with E-state index in [0.717, 1.165) is 6.54 Å². The molecule has 0 radical (unpaired) electrons. The lowest BCUT2D eigenvalue weighted by molar-refractivity contribution is 0.00609. The van der Waals surface area contributed by atoms with E-state index in [1.54, 1.807) is 6.08 Å². The highest BCUT2D eigenvalue weighted by molar-refractivity contribution is 5.01. The third-order valence-electron chi connectivity index (χ3n) is 2.80. The van der Waals surface area contributed by atoms with Crippen molar-refractivity contribution in [2.45, 2.75) is 38.8 Å². The Kier molecular flexibility index (Phi) is 4.50. The molecule has 0 aliphatic rings. The topological polar surface area (TPSA) is 23.5 Å². The van der Waals surface area contributed by atoms with E-state index in [1.807, 2.05) is 20.9 Å². The van der Waals surface area contributed by atoms with E-state index in [2.05, 4.69) is 18.4 Å². The van der Waals surface area contributed by atoms with Gasteiger partial charge >= 0.3 is 0 Å². The molecule has 0 aromatic carbocycles. The number of hydrogen-bond acceptors (Lipinski definition) is 2. The molecule has 0 aliphatic carbocycles. The minimum absolute atomic E-state index is 0.130. The second kappa shape index (κ2) is 4.63. The van der Waals surface area contributed by atoms with Crippen LogP contribution in [0.15, 0.2) is 12.7 Å². The Morgan fingerprint density at radius 3 is 2.33 bits per heavy atom.